The van der Waals surface area contributed by atoms with Crippen molar-refractivity contribution >= 4 is 34.0 Å². The van der Waals surface area contributed by atoms with E-state index in [4.69, 9.17) is 9.73 Å². The van der Waals surface area contributed by atoms with Crippen LogP contribution in [0.2, 0.25) is 0 Å². The van der Waals surface area contributed by atoms with Crippen molar-refractivity contribution in [1.29, 1.82) is 0 Å². The Morgan fingerprint density at radius 3 is 2.58 bits per heavy atom. The zero-order valence-electron chi connectivity index (χ0n) is 19.3. The molecule has 4 heterocycles. The number of ether oxygens (including phenoxy) is 1. The van der Waals surface area contributed by atoms with Crippen LogP contribution in [0.4, 0.5) is 17.1 Å². The fraction of sp³-hybridized carbons (Fsp3) is 0.429. The van der Waals surface area contributed by atoms with Gasteiger partial charge in [0, 0.05) is 54.7 Å². The highest BCUT2D eigenvalue weighted by Gasteiger charge is 2.63. The highest BCUT2D eigenvalue weighted by Crippen LogP contribution is 2.60. The lowest BCUT2D eigenvalue weighted by Crippen LogP contribution is -2.63. The van der Waals surface area contributed by atoms with Crippen LogP contribution in [0.3, 0.4) is 0 Å². The van der Waals surface area contributed by atoms with Gasteiger partial charge in [-0.15, -0.1) is 0 Å². The molecule has 1 atom stereocenters. The summed E-state index contributed by atoms with van der Waals surface area (Å²) < 4.78 is 7.22. The molecular weight excluding hydrogens is 408 g/mol. The van der Waals surface area contributed by atoms with Gasteiger partial charge >= 0.3 is 0 Å². The minimum Gasteiger partial charge on any atom is -0.459 e. The molecular formula is C28H30N4O. The molecule has 2 fully saturated rings. The zero-order valence-corrected chi connectivity index (χ0v) is 19.3. The Kier molecular flexibility index (Phi) is 4.09. The first kappa shape index (κ1) is 19.4. The maximum Gasteiger partial charge on any atom is 0.229 e. The smallest absolute Gasteiger partial charge is 0.229 e. The highest BCUT2D eigenvalue weighted by atomic mass is 16.5. The number of aromatic nitrogens is 1. The average molecular weight is 439 g/mol. The van der Waals surface area contributed by atoms with Crippen molar-refractivity contribution in [1.82, 2.24) is 4.98 Å². The molecule has 33 heavy (non-hydrogen) atoms. The largest absolute Gasteiger partial charge is 0.459 e. The van der Waals surface area contributed by atoms with Crippen molar-refractivity contribution in [3.63, 3.8) is 0 Å². The van der Waals surface area contributed by atoms with Gasteiger partial charge in [-0.25, -0.2) is 0 Å². The van der Waals surface area contributed by atoms with Crippen LogP contribution in [-0.4, -0.2) is 37.1 Å². The molecule has 3 aliphatic heterocycles. The van der Waals surface area contributed by atoms with E-state index in [1.807, 2.05) is 12.4 Å². The van der Waals surface area contributed by atoms with E-state index in [2.05, 4.69) is 64.4 Å². The maximum absolute atomic E-state index is 7.22. The Hall–Kier alpha value is -3.08. The van der Waals surface area contributed by atoms with Gasteiger partial charge in [0.05, 0.1) is 11.6 Å². The fourth-order valence-electron chi connectivity index (χ4n) is 6.99. The number of likely N-dealkylation sites (N-methyl/N-ethyl adjacent to an activating group) is 1. The van der Waals surface area contributed by atoms with Gasteiger partial charge in [0.25, 0.3) is 0 Å². The average Bonchev–Trinajstić information content (AvgIpc) is 3.47. The number of hydrogen-bond donors (Lipinski definition) is 0. The third-order valence-electron chi connectivity index (χ3n) is 8.60. The molecule has 2 spiro atoms. The van der Waals surface area contributed by atoms with Crippen LogP contribution in [0.25, 0.3) is 10.8 Å². The van der Waals surface area contributed by atoms with Gasteiger partial charge in [-0.1, -0.05) is 37.5 Å². The molecule has 1 saturated carbocycles. The standard InChI is InChI=1S/C28H30N4O/c1-31-24-10-4-3-9-22(24)27(12-5-2-6-13-27)28(31)19-30-23-17-25(32-15-7-8-16-32)20-11-14-29-18-21(20)26(23)33-28/h3-4,9-11,14,17-19H,2,5-8,12-13,15-16H2,1H3. The summed E-state index contributed by atoms with van der Waals surface area (Å²) in [5.74, 6) is 0.883. The zero-order chi connectivity index (χ0) is 22.0. The second-order valence-corrected chi connectivity index (χ2v) is 10.1. The number of rotatable bonds is 1. The molecule has 1 aromatic heterocycles. The van der Waals surface area contributed by atoms with Gasteiger partial charge in [0.1, 0.15) is 5.69 Å². The summed E-state index contributed by atoms with van der Waals surface area (Å²) >= 11 is 0. The maximum atomic E-state index is 7.22. The van der Waals surface area contributed by atoms with Gasteiger partial charge in [0.15, 0.2) is 5.75 Å². The predicted molar refractivity (Wildman–Crippen MR) is 134 cm³/mol. The second kappa shape index (κ2) is 6.96. The normalized spacial score (nSPS) is 25.0. The third-order valence-corrected chi connectivity index (χ3v) is 8.60. The Labute approximate surface area is 195 Å². The summed E-state index contributed by atoms with van der Waals surface area (Å²) in [6.45, 7) is 2.21. The monoisotopic (exact) mass is 438 g/mol. The van der Waals surface area contributed by atoms with Gasteiger partial charge in [-0.3, -0.25) is 9.98 Å². The number of para-hydroxylation sites is 1. The Morgan fingerprint density at radius 1 is 0.909 bits per heavy atom. The molecule has 1 aliphatic carbocycles. The van der Waals surface area contributed by atoms with Crippen molar-refractivity contribution in [2.75, 3.05) is 29.9 Å². The van der Waals surface area contributed by atoms with E-state index in [9.17, 15) is 0 Å². The summed E-state index contributed by atoms with van der Waals surface area (Å²) in [6, 6.07) is 13.2. The molecule has 5 heteroatoms. The second-order valence-electron chi connectivity index (χ2n) is 10.1. The number of pyridine rings is 1. The minimum atomic E-state index is -0.609. The SMILES string of the molecule is CN1c2ccccc2C2(CCCCC2)C12C=Nc1cc(N3CCCC3)c3ccncc3c1O2. The molecule has 1 unspecified atom stereocenters. The van der Waals surface area contributed by atoms with E-state index in [0.717, 1.165) is 42.8 Å². The summed E-state index contributed by atoms with van der Waals surface area (Å²) in [5.41, 5.74) is 4.18. The van der Waals surface area contributed by atoms with Crippen molar-refractivity contribution in [2.24, 2.45) is 4.99 Å². The Morgan fingerprint density at radius 2 is 1.73 bits per heavy atom. The number of anilines is 2. The number of nitrogens with zero attached hydrogens (tertiary/aromatic N) is 4. The molecule has 5 nitrogen and oxygen atoms in total. The van der Waals surface area contributed by atoms with E-state index in [1.165, 1.54) is 54.4 Å². The molecule has 0 amide bonds. The molecule has 3 aromatic rings. The van der Waals surface area contributed by atoms with Crippen molar-refractivity contribution in [2.45, 2.75) is 56.1 Å². The summed E-state index contributed by atoms with van der Waals surface area (Å²) in [7, 11) is 2.18. The van der Waals surface area contributed by atoms with Crippen LogP contribution < -0.4 is 14.5 Å². The molecule has 168 valence electrons. The number of benzene rings is 2. The Balaban J connectivity index is 1.44. The summed E-state index contributed by atoms with van der Waals surface area (Å²) in [4.78, 5) is 14.5. The number of aliphatic imine (C=N–C) groups is 1. The molecule has 0 bridgehead atoms. The van der Waals surface area contributed by atoms with Gasteiger partial charge in [0.2, 0.25) is 5.72 Å². The Bertz CT molecular complexity index is 1270. The quantitative estimate of drug-likeness (QED) is 0.469. The molecule has 7 rings (SSSR count). The summed E-state index contributed by atoms with van der Waals surface area (Å²) in [6.07, 6.45) is 14.5. The lowest BCUT2D eigenvalue weighted by atomic mass is 9.64. The minimum absolute atomic E-state index is 0.0834. The first-order valence-corrected chi connectivity index (χ1v) is 12.5. The third kappa shape index (κ3) is 2.48. The number of fused-ring (bicyclic) bond motifs is 6. The summed E-state index contributed by atoms with van der Waals surface area (Å²) in [5, 5.41) is 2.29. The van der Waals surface area contributed by atoms with Gasteiger partial charge < -0.3 is 14.5 Å². The first-order valence-electron chi connectivity index (χ1n) is 12.5. The van der Waals surface area contributed by atoms with Crippen molar-refractivity contribution < 1.29 is 4.74 Å². The highest BCUT2D eigenvalue weighted by molar-refractivity contribution is 6.04. The topological polar surface area (TPSA) is 41.0 Å². The lowest BCUT2D eigenvalue weighted by Gasteiger charge is -2.50. The van der Waals surface area contributed by atoms with Crippen molar-refractivity contribution in [3.05, 3.63) is 54.4 Å². The fourth-order valence-corrected chi connectivity index (χ4v) is 6.99. The van der Waals surface area contributed by atoms with Gasteiger partial charge in [-0.2, -0.15) is 0 Å². The molecule has 1 saturated heterocycles. The number of hydrogen-bond acceptors (Lipinski definition) is 5. The van der Waals surface area contributed by atoms with Crippen LogP contribution in [-0.2, 0) is 5.41 Å². The van der Waals surface area contributed by atoms with Crippen LogP contribution >= 0.6 is 0 Å². The van der Waals surface area contributed by atoms with Crippen LogP contribution in [0.1, 0.15) is 50.5 Å². The van der Waals surface area contributed by atoms with E-state index < -0.39 is 5.72 Å². The molecule has 0 N–H and O–H groups in total. The van der Waals surface area contributed by atoms with E-state index in [0.29, 0.717) is 0 Å². The van der Waals surface area contributed by atoms with Gasteiger partial charge in [-0.05, 0) is 49.4 Å². The van der Waals surface area contributed by atoms with E-state index >= 15 is 0 Å². The van der Waals surface area contributed by atoms with Crippen LogP contribution in [0.15, 0.2) is 53.8 Å². The predicted octanol–water partition coefficient (Wildman–Crippen LogP) is 5.98. The van der Waals surface area contributed by atoms with Crippen LogP contribution in [0.5, 0.6) is 5.75 Å². The van der Waals surface area contributed by atoms with Crippen molar-refractivity contribution in [3.8, 4) is 5.75 Å². The van der Waals surface area contributed by atoms with E-state index in [-0.39, 0.29) is 5.41 Å². The van der Waals surface area contributed by atoms with E-state index in [1.54, 1.807) is 0 Å². The molecule has 2 aromatic carbocycles. The van der Waals surface area contributed by atoms with Crippen LogP contribution in [0, 0.1) is 0 Å². The first-order chi connectivity index (χ1) is 16.2. The lowest BCUT2D eigenvalue weighted by molar-refractivity contribution is 0.0412. The molecule has 0 radical (unpaired) electrons. The molecule has 4 aliphatic rings.